The first kappa shape index (κ1) is 17.2. The van der Waals surface area contributed by atoms with E-state index in [0.717, 1.165) is 37.0 Å². The van der Waals surface area contributed by atoms with Gasteiger partial charge < -0.3 is 10.2 Å². The Morgan fingerprint density at radius 1 is 1.04 bits per heavy atom. The quantitative estimate of drug-likeness (QED) is 0.773. The second-order valence-electron chi connectivity index (χ2n) is 6.73. The third kappa shape index (κ3) is 3.28. The van der Waals surface area contributed by atoms with Gasteiger partial charge in [0.25, 0.3) is 5.91 Å². The van der Waals surface area contributed by atoms with Crippen molar-refractivity contribution >= 4 is 28.5 Å². The van der Waals surface area contributed by atoms with Crippen molar-refractivity contribution in [2.45, 2.75) is 25.8 Å². The molecular formula is C20H21N5O2. The molecule has 1 N–H and O–H groups in total. The van der Waals surface area contributed by atoms with Crippen LogP contribution < -0.4 is 5.32 Å². The molecule has 1 aliphatic rings. The van der Waals surface area contributed by atoms with Crippen LogP contribution in [0.5, 0.6) is 0 Å². The molecule has 0 radical (unpaired) electrons. The molecule has 1 aliphatic heterocycles. The van der Waals surface area contributed by atoms with Crippen molar-refractivity contribution in [2.24, 2.45) is 0 Å². The predicted molar refractivity (Wildman–Crippen MR) is 102 cm³/mol. The average Bonchev–Trinajstić information content (AvgIpc) is 3.37. The van der Waals surface area contributed by atoms with Crippen LogP contribution >= 0.6 is 0 Å². The molecule has 1 aromatic heterocycles. The molecule has 0 aliphatic carbocycles. The summed E-state index contributed by atoms with van der Waals surface area (Å²) < 4.78 is 1.59. The van der Waals surface area contributed by atoms with Crippen molar-refractivity contribution in [1.29, 1.82) is 0 Å². The van der Waals surface area contributed by atoms with Crippen LogP contribution in [0, 0.1) is 0 Å². The number of fused-ring (bicyclic) bond motifs is 1. The molecular weight excluding hydrogens is 342 g/mol. The van der Waals surface area contributed by atoms with Crippen molar-refractivity contribution in [3.05, 3.63) is 54.1 Å². The second kappa shape index (κ2) is 7.19. The molecule has 2 aromatic carbocycles. The van der Waals surface area contributed by atoms with Crippen molar-refractivity contribution in [1.82, 2.24) is 19.9 Å². The predicted octanol–water partition coefficient (Wildman–Crippen LogP) is 2.87. The van der Waals surface area contributed by atoms with Crippen LogP contribution in [0.25, 0.3) is 11.0 Å². The molecule has 3 aromatic rings. The van der Waals surface area contributed by atoms with Crippen molar-refractivity contribution < 1.29 is 9.59 Å². The third-order valence-electron chi connectivity index (χ3n) is 4.93. The Hall–Kier alpha value is -3.22. The molecule has 1 fully saturated rings. The van der Waals surface area contributed by atoms with Crippen molar-refractivity contribution in [3.8, 4) is 0 Å². The number of likely N-dealkylation sites (tertiary alicyclic amines) is 1. The highest BCUT2D eigenvalue weighted by atomic mass is 16.2. The van der Waals surface area contributed by atoms with Crippen LogP contribution in [0.4, 0.5) is 5.69 Å². The smallest absolute Gasteiger partial charge is 0.255 e. The molecule has 0 bridgehead atoms. The summed E-state index contributed by atoms with van der Waals surface area (Å²) in [5.74, 6) is -0.283. The summed E-state index contributed by atoms with van der Waals surface area (Å²) in [5.41, 5.74) is 2.57. The van der Waals surface area contributed by atoms with E-state index in [0.29, 0.717) is 11.3 Å². The molecule has 0 spiro atoms. The van der Waals surface area contributed by atoms with Crippen molar-refractivity contribution in [3.63, 3.8) is 0 Å². The molecule has 27 heavy (non-hydrogen) atoms. The highest BCUT2D eigenvalue weighted by Crippen LogP contribution is 2.22. The molecule has 4 rings (SSSR count). The van der Waals surface area contributed by atoms with E-state index in [9.17, 15) is 9.59 Å². The summed E-state index contributed by atoms with van der Waals surface area (Å²) in [6, 6.07) is 14.1. The van der Waals surface area contributed by atoms with Crippen LogP contribution in [0.1, 0.15) is 36.2 Å². The van der Waals surface area contributed by atoms with Crippen LogP contribution in [0.3, 0.4) is 0 Å². The van der Waals surface area contributed by atoms with Gasteiger partial charge in [-0.25, -0.2) is 4.68 Å². The molecule has 7 nitrogen and oxygen atoms in total. The third-order valence-corrected chi connectivity index (χ3v) is 4.93. The lowest BCUT2D eigenvalue weighted by Gasteiger charge is -2.19. The molecule has 0 saturated carbocycles. The van der Waals surface area contributed by atoms with Gasteiger partial charge in [-0.1, -0.05) is 29.5 Å². The van der Waals surface area contributed by atoms with Gasteiger partial charge in [0.15, 0.2) is 0 Å². The fourth-order valence-electron chi connectivity index (χ4n) is 3.39. The number of nitrogens with one attached hydrogen (secondary N) is 1. The first-order valence-electron chi connectivity index (χ1n) is 9.14. The van der Waals surface area contributed by atoms with Gasteiger partial charge in [0, 0.05) is 13.1 Å². The van der Waals surface area contributed by atoms with E-state index in [-0.39, 0.29) is 11.8 Å². The zero-order chi connectivity index (χ0) is 18.8. The molecule has 138 valence electrons. The Bertz CT molecular complexity index is 991. The SMILES string of the molecule is C[C@H](C(=O)Nc1ccccc1C(=O)N1CCCC1)n1nnc2ccccc21. The van der Waals surface area contributed by atoms with Gasteiger partial charge in [-0.3, -0.25) is 9.59 Å². The number of carbonyl (C=O) groups is 2. The number of para-hydroxylation sites is 2. The maximum absolute atomic E-state index is 12.8. The summed E-state index contributed by atoms with van der Waals surface area (Å²) in [7, 11) is 0. The van der Waals surface area contributed by atoms with Crippen LogP contribution in [0.15, 0.2) is 48.5 Å². The van der Waals surface area contributed by atoms with Crippen LogP contribution in [-0.4, -0.2) is 44.8 Å². The van der Waals surface area contributed by atoms with Gasteiger partial charge in [0.1, 0.15) is 11.6 Å². The summed E-state index contributed by atoms with van der Waals surface area (Å²) in [5, 5.41) is 11.1. The first-order valence-corrected chi connectivity index (χ1v) is 9.14. The fourth-order valence-corrected chi connectivity index (χ4v) is 3.39. The molecule has 2 heterocycles. The van der Waals surface area contributed by atoms with Gasteiger partial charge in [0.05, 0.1) is 16.8 Å². The van der Waals surface area contributed by atoms with E-state index in [2.05, 4.69) is 15.6 Å². The van der Waals surface area contributed by atoms with Crippen molar-refractivity contribution in [2.75, 3.05) is 18.4 Å². The maximum Gasteiger partial charge on any atom is 0.255 e. The fraction of sp³-hybridized carbons (Fsp3) is 0.300. The Morgan fingerprint density at radius 3 is 2.56 bits per heavy atom. The Morgan fingerprint density at radius 2 is 1.74 bits per heavy atom. The highest BCUT2D eigenvalue weighted by Gasteiger charge is 2.24. The second-order valence-corrected chi connectivity index (χ2v) is 6.73. The Kier molecular flexibility index (Phi) is 4.58. The topological polar surface area (TPSA) is 80.1 Å². The first-order chi connectivity index (χ1) is 13.1. The summed E-state index contributed by atoms with van der Waals surface area (Å²) in [6.45, 7) is 3.30. The number of nitrogens with zero attached hydrogens (tertiary/aromatic N) is 4. The van der Waals surface area contributed by atoms with E-state index in [1.807, 2.05) is 41.3 Å². The number of anilines is 1. The lowest BCUT2D eigenvalue weighted by atomic mass is 10.1. The molecule has 0 unspecified atom stereocenters. The van der Waals surface area contributed by atoms with Crippen LogP contribution in [0.2, 0.25) is 0 Å². The minimum atomic E-state index is -0.563. The molecule has 1 saturated heterocycles. The lowest BCUT2D eigenvalue weighted by molar-refractivity contribution is -0.119. The minimum Gasteiger partial charge on any atom is -0.339 e. The van der Waals surface area contributed by atoms with E-state index < -0.39 is 6.04 Å². The minimum absolute atomic E-state index is 0.0396. The summed E-state index contributed by atoms with van der Waals surface area (Å²) >= 11 is 0. The number of carbonyl (C=O) groups excluding carboxylic acids is 2. The van der Waals surface area contributed by atoms with Gasteiger partial charge >= 0.3 is 0 Å². The Labute approximate surface area is 157 Å². The lowest BCUT2D eigenvalue weighted by Crippen LogP contribution is -2.30. The zero-order valence-electron chi connectivity index (χ0n) is 15.1. The van der Waals surface area contributed by atoms with Gasteiger partial charge in [0.2, 0.25) is 5.91 Å². The van der Waals surface area contributed by atoms with E-state index in [1.54, 1.807) is 23.7 Å². The molecule has 2 amide bonds. The molecule has 1 atom stereocenters. The normalized spacial score (nSPS) is 15.1. The van der Waals surface area contributed by atoms with Gasteiger partial charge in [-0.05, 0) is 44.0 Å². The largest absolute Gasteiger partial charge is 0.339 e. The number of amides is 2. The maximum atomic E-state index is 12.8. The standard InChI is InChI=1S/C20H21N5O2/c1-14(25-18-11-5-4-10-17(18)22-23-25)19(26)21-16-9-3-2-8-15(16)20(27)24-12-6-7-13-24/h2-5,8-11,14H,6-7,12-13H2,1H3,(H,21,26)/t14-/m1/s1. The number of hydrogen-bond acceptors (Lipinski definition) is 4. The average molecular weight is 363 g/mol. The van der Waals surface area contributed by atoms with Gasteiger partial charge in [-0.15, -0.1) is 5.10 Å². The summed E-state index contributed by atoms with van der Waals surface area (Å²) in [4.78, 5) is 27.4. The van der Waals surface area contributed by atoms with Gasteiger partial charge in [-0.2, -0.15) is 0 Å². The number of aromatic nitrogens is 3. The van der Waals surface area contributed by atoms with Crippen LogP contribution in [-0.2, 0) is 4.79 Å². The van der Waals surface area contributed by atoms with E-state index in [4.69, 9.17) is 0 Å². The van der Waals surface area contributed by atoms with E-state index >= 15 is 0 Å². The molecule has 7 heteroatoms. The highest BCUT2D eigenvalue weighted by molar-refractivity contribution is 6.04. The number of hydrogen-bond donors (Lipinski definition) is 1. The zero-order valence-corrected chi connectivity index (χ0v) is 15.1. The number of rotatable bonds is 4. The Balaban J connectivity index is 1.57. The monoisotopic (exact) mass is 363 g/mol. The summed E-state index contributed by atoms with van der Waals surface area (Å²) in [6.07, 6.45) is 2.05. The van der Waals surface area contributed by atoms with E-state index in [1.165, 1.54) is 0 Å². The number of benzene rings is 2.